The zero-order chi connectivity index (χ0) is 11.0. The molecule has 1 aliphatic carbocycles. The first-order valence-electron chi connectivity index (χ1n) is 5.08. The van der Waals surface area contributed by atoms with E-state index in [1.54, 1.807) is 16.7 Å². The third-order valence-electron chi connectivity index (χ3n) is 3.09. The maximum absolute atomic E-state index is 10.9. The highest BCUT2D eigenvalue weighted by Crippen LogP contribution is 2.31. The molecule has 1 aromatic rings. The molecule has 1 aliphatic rings. The number of fused-ring (bicyclic) bond motifs is 1. The number of thiophene rings is 1. The van der Waals surface area contributed by atoms with Crippen molar-refractivity contribution in [3.63, 3.8) is 0 Å². The van der Waals surface area contributed by atoms with Crippen LogP contribution in [0, 0.1) is 0 Å². The molecule has 15 heavy (non-hydrogen) atoms. The van der Waals surface area contributed by atoms with Gasteiger partial charge < -0.3 is 10.0 Å². The van der Waals surface area contributed by atoms with Crippen LogP contribution in [0.2, 0.25) is 0 Å². The zero-order valence-corrected chi connectivity index (χ0v) is 9.80. The minimum absolute atomic E-state index is 0.521. The van der Waals surface area contributed by atoms with Gasteiger partial charge in [0.05, 0.1) is 5.56 Å². The van der Waals surface area contributed by atoms with Crippen LogP contribution < -0.4 is 0 Å². The molecule has 4 heteroatoms. The zero-order valence-electron chi connectivity index (χ0n) is 8.99. The highest BCUT2D eigenvalue weighted by Gasteiger charge is 2.25. The van der Waals surface area contributed by atoms with Crippen molar-refractivity contribution in [2.75, 3.05) is 14.1 Å². The number of carboxylic acid groups (broad SMARTS) is 1. The molecule has 1 atom stereocenters. The summed E-state index contributed by atoms with van der Waals surface area (Å²) in [6.07, 6.45) is 2.97. The molecule has 0 saturated heterocycles. The van der Waals surface area contributed by atoms with Crippen LogP contribution in [0.3, 0.4) is 0 Å². The second-order valence-electron chi connectivity index (χ2n) is 4.22. The van der Waals surface area contributed by atoms with Crippen molar-refractivity contribution in [3.8, 4) is 0 Å². The van der Waals surface area contributed by atoms with E-state index in [0.29, 0.717) is 11.6 Å². The summed E-state index contributed by atoms with van der Waals surface area (Å²) >= 11 is 1.59. The topological polar surface area (TPSA) is 40.5 Å². The van der Waals surface area contributed by atoms with Gasteiger partial charge in [-0.3, -0.25) is 0 Å². The Bertz CT molecular complexity index is 384. The lowest BCUT2D eigenvalue weighted by Crippen LogP contribution is -2.33. The summed E-state index contributed by atoms with van der Waals surface area (Å²) in [6.45, 7) is 0. The summed E-state index contributed by atoms with van der Waals surface area (Å²) in [6, 6.07) is 0.567. The van der Waals surface area contributed by atoms with E-state index in [-0.39, 0.29) is 0 Å². The Morgan fingerprint density at radius 3 is 2.93 bits per heavy atom. The fourth-order valence-corrected chi connectivity index (χ4v) is 3.26. The van der Waals surface area contributed by atoms with Crippen molar-refractivity contribution in [3.05, 3.63) is 21.4 Å². The van der Waals surface area contributed by atoms with Gasteiger partial charge in [0.25, 0.3) is 0 Å². The fraction of sp³-hybridized carbons (Fsp3) is 0.545. The van der Waals surface area contributed by atoms with Crippen molar-refractivity contribution in [1.29, 1.82) is 0 Å². The molecule has 0 aromatic carbocycles. The minimum Gasteiger partial charge on any atom is -0.478 e. The van der Waals surface area contributed by atoms with Gasteiger partial charge in [-0.15, -0.1) is 11.3 Å². The van der Waals surface area contributed by atoms with E-state index in [0.717, 1.165) is 24.8 Å². The van der Waals surface area contributed by atoms with Crippen LogP contribution in [0.1, 0.15) is 27.2 Å². The molecule has 1 heterocycles. The lowest BCUT2D eigenvalue weighted by atomic mass is 9.91. The summed E-state index contributed by atoms with van der Waals surface area (Å²) < 4.78 is 0. The summed E-state index contributed by atoms with van der Waals surface area (Å²) in [5.41, 5.74) is 1.60. The molecule has 1 aromatic heterocycles. The van der Waals surface area contributed by atoms with Crippen LogP contribution in [0.15, 0.2) is 5.38 Å². The van der Waals surface area contributed by atoms with E-state index < -0.39 is 5.97 Å². The first kappa shape index (κ1) is 10.6. The molecular formula is C11H15NO2S. The van der Waals surface area contributed by atoms with E-state index >= 15 is 0 Å². The quantitative estimate of drug-likeness (QED) is 0.835. The smallest absolute Gasteiger partial charge is 0.336 e. The fourth-order valence-electron chi connectivity index (χ4n) is 2.12. The second kappa shape index (κ2) is 3.94. The van der Waals surface area contributed by atoms with Gasteiger partial charge in [-0.2, -0.15) is 0 Å². The Kier molecular flexibility index (Phi) is 2.80. The van der Waals surface area contributed by atoms with Crippen molar-refractivity contribution in [2.24, 2.45) is 0 Å². The monoisotopic (exact) mass is 225 g/mol. The normalized spacial score (nSPS) is 20.3. The van der Waals surface area contributed by atoms with Crippen LogP contribution >= 0.6 is 11.3 Å². The van der Waals surface area contributed by atoms with Crippen molar-refractivity contribution in [1.82, 2.24) is 4.90 Å². The van der Waals surface area contributed by atoms with E-state index in [1.807, 2.05) is 0 Å². The molecule has 0 bridgehead atoms. The van der Waals surface area contributed by atoms with Gasteiger partial charge in [0, 0.05) is 16.3 Å². The van der Waals surface area contributed by atoms with Crippen LogP contribution in [-0.2, 0) is 12.8 Å². The Labute approximate surface area is 93.3 Å². The average Bonchev–Trinajstić information content (AvgIpc) is 2.59. The Balaban J connectivity index is 2.26. The highest BCUT2D eigenvalue weighted by molar-refractivity contribution is 7.10. The molecule has 0 radical (unpaired) electrons. The van der Waals surface area contributed by atoms with E-state index in [4.69, 9.17) is 5.11 Å². The number of likely N-dealkylation sites (N-methyl/N-ethyl adjacent to an activating group) is 1. The predicted molar refractivity (Wildman–Crippen MR) is 60.8 cm³/mol. The average molecular weight is 225 g/mol. The number of carboxylic acids is 1. The molecule has 1 N–H and O–H groups in total. The summed E-state index contributed by atoms with van der Waals surface area (Å²) in [4.78, 5) is 14.4. The molecule has 1 unspecified atom stereocenters. The summed E-state index contributed by atoms with van der Waals surface area (Å²) in [5, 5.41) is 10.8. The second-order valence-corrected chi connectivity index (χ2v) is 5.18. The van der Waals surface area contributed by atoms with Gasteiger partial charge in [-0.25, -0.2) is 4.79 Å². The molecule has 0 spiro atoms. The number of hydrogen-bond donors (Lipinski definition) is 1. The lowest BCUT2D eigenvalue weighted by Gasteiger charge is -2.28. The van der Waals surface area contributed by atoms with Crippen LogP contribution in [0.4, 0.5) is 0 Å². The van der Waals surface area contributed by atoms with E-state index in [9.17, 15) is 4.79 Å². The minimum atomic E-state index is -0.782. The van der Waals surface area contributed by atoms with Gasteiger partial charge in [0.2, 0.25) is 0 Å². The number of hydrogen-bond acceptors (Lipinski definition) is 3. The Morgan fingerprint density at radius 1 is 1.60 bits per heavy atom. The van der Waals surface area contributed by atoms with E-state index in [1.165, 1.54) is 4.88 Å². The van der Waals surface area contributed by atoms with Crippen LogP contribution in [0.25, 0.3) is 0 Å². The maximum atomic E-state index is 10.9. The van der Waals surface area contributed by atoms with Gasteiger partial charge in [-0.05, 0) is 38.9 Å². The van der Waals surface area contributed by atoms with Crippen LogP contribution in [0.5, 0.6) is 0 Å². The molecule has 0 amide bonds. The van der Waals surface area contributed by atoms with Gasteiger partial charge in [0.15, 0.2) is 0 Å². The lowest BCUT2D eigenvalue weighted by molar-refractivity contribution is 0.0696. The predicted octanol–water partition coefficient (Wildman–Crippen LogP) is 1.87. The van der Waals surface area contributed by atoms with Gasteiger partial charge in [0.1, 0.15) is 0 Å². The number of carbonyl (C=O) groups is 1. The molecule has 82 valence electrons. The standard InChI is InChI=1S/C11H15NO2S/c1-12(2)7-3-4-8-9(11(13)14)6-15-10(8)5-7/h6-7H,3-5H2,1-2H3,(H,13,14). The van der Waals surface area contributed by atoms with Crippen molar-refractivity contribution >= 4 is 17.3 Å². The molecule has 0 fully saturated rings. The highest BCUT2D eigenvalue weighted by atomic mass is 32.1. The SMILES string of the molecule is CN(C)C1CCc2c(C(=O)O)csc2C1. The molecular weight excluding hydrogens is 210 g/mol. The Morgan fingerprint density at radius 2 is 2.33 bits per heavy atom. The first-order valence-corrected chi connectivity index (χ1v) is 5.96. The van der Waals surface area contributed by atoms with Crippen LogP contribution in [-0.4, -0.2) is 36.1 Å². The largest absolute Gasteiger partial charge is 0.478 e. The number of rotatable bonds is 2. The molecule has 2 rings (SSSR count). The maximum Gasteiger partial charge on any atom is 0.336 e. The van der Waals surface area contributed by atoms with Crippen molar-refractivity contribution in [2.45, 2.75) is 25.3 Å². The Hall–Kier alpha value is -0.870. The third kappa shape index (κ3) is 1.92. The first-order chi connectivity index (χ1) is 7.09. The van der Waals surface area contributed by atoms with Crippen molar-refractivity contribution < 1.29 is 9.90 Å². The summed E-state index contributed by atoms with van der Waals surface area (Å²) in [7, 11) is 4.17. The molecule has 3 nitrogen and oxygen atoms in total. The van der Waals surface area contributed by atoms with Gasteiger partial charge >= 0.3 is 5.97 Å². The number of nitrogens with zero attached hydrogens (tertiary/aromatic N) is 1. The molecule has 0 saturated carbocycles. The number of aromatic carboxylic acids is 1. The molecule has 0 aliphatic heterocycles. The van der Waals surface area contributed by atoms with Gasteiger partial charge in [-0.1, -0.05) is 0 Å². The third-order valence-corrected chi connectivity index (χ3v) is 4.14. The van der Waals surface area contributed by atoms with E-state index in [2.05, 4.69) is 19.0 Å². The summed E-state index contributed by atoms with van der Waals surface area (Å²) in [5.74, 6) is -0.782.